The molecule has 0 bridgehead atoms. The van der Waals surface area contributed by atoms with E-state index in [4.69, 9.17) is 22.3 Å². The summed E-state index contributed by atoms with van der Waals surface area (Å²) < 4.78 is 0. The molecule has 0 radical (unpaired) electrons. The van der Waals surface area contributed by atoms with E-state index in [-0.39, 0.29) is 17.2 Å². The maximum atomic E-state index is 9.30. The Morgan fingerprint density at radius 1 is 0.542 bits per heavy atom. The number of nitrogens with two attached hydrogens (primary N) is 3. The number of phenolic OH excluding ortho intramolecular Hbond substituents is 3. The number of hydrogen-bond acceptors (Lipinski definition) is 6. The zero-order valence-electron chi connectivity index (χ0n) is 12.8. The van der Waals surface area contributed by atoms with Crippen LogP contribution in [0.25, 0.3) is 11.1 Å². The zero-order valence-corrected chi connectivity index (χ0v) is 12.8. The second kappa shape index (κ2) is 7.15. The van der Waals surface area contributed by atoms with E-state index in [0.717, 1.165) is 11.1 Å². The number of anilines is 3. The van der Waals surface area contributed by atoms with E-state index in [0.29, 0.717) is 17.1 Å². The molecule has 0 aromatic heterocycles. The summed E-state index contributed by atoms with van der Waals surface area (Å²) in [6, 6.07) is 16.2. The van der Waals surface area contributed by atoms with Gasteiger partial charge in [0.2, 0.25) is 0 Å². The molecule has 0 fully saturated rings. The van der Waals surface area contributed by atoms with Gasteiger partial charge in [-0.2, -0.15) is 0 Å². The van der Waals surface area contributed by atoms with Crippen molar-refractivity contribution in [3.8, 4) is 28.4 Å². The predicted molar refractivity (Wildman–Crippen MR) is 96.6 cm³/mol. The monoisotopic (exact) mass is 325 g/mol. The number of nitrogen functional groups attached to an aromatic ring is 3. The number of benzene rings is 3. The van der Waals surface area contributed by atoms with Crippen molar-refractivity contribution >= 4 is 17.1 Å². The molecule has 0 unspecified atom stereocenters. The van der Waals surface area contributed by atoms with Crippen molar-refractivity contribution in [3.63, 3.8) is 0 Å². The first-order chi connectivity index (χ1) is 11.4. The summed E-state index contributed by atoms with van der Waals surface area (Å²) in [6.07, 6.45) is 0. The summed E-state index contributed by atoms with van der Waals surface area (Å²) in [6.45, 7) is 0. The van der Waals surface area contributed by atoms with Gasteiger partial charge in [0.15, 0.2) is 0 Å². The Labute approximate surface area is 139 Å². The van der Waals surface area contributed by atoms with Crippen molar-refractivity contribution in [1.29, 1.82) is 0 Å². The first-order valence-corrected chi connectivity index (χ1v) is 7.08. The lowest BCUT2D eigenvalue weighted by molar-refractivity contribution is 0.475. The lowest BCUT2D eigenvalue weighted by Gasteiger charge is -2.06. The smallest absolute Gasteiger partial charge is 0.138 e. The Hall–Kier alpha value is -3.54. The van der Waals surface area contributed by atoms with Gasteiger partial charge in [-0.1, -0.05) is 12.1 Å². The third-order valence-electron chi connectivity index (χ3n) is 3.28. The Balaban J connectivity index is 0.000000219. The quantitative estimate of drug-likeness (QED) is 0.231. The molecular weight excluding hydrogens is 306 g/mol. The molecule has 24 heavy (non-hydrogen) atoms. The van der Waals surface area contributed by atoms with Gasteiger partial charge in [-0.05, 0) is 59.7 Å². The predicted octanol–water partition coefficient (Wildman–Crippen LogP) is 2.90. The molecule has 3 rings (SSSR count). The highest BCUT2D eigenvalue weighted by Gasteiger charge is 2.04. The molecule has 0 saturated heterocycles. The van der Waals surface area contributed by atoms with Gasteiger partial charge in [-0.15, -0.1) is 0 Å². The summed E-state index contributed by atoms with van der Waals surface area (Å²) in [7, 11) is 0. The lowest BCUT2D eigenvalue weighted by Crippen LogP contribution is -1.89. The molecule has 0 aliphatic heterocycles. The summed E-state index contributed by atoms with van der Waals surface area (Å²) >= 11 is 0. The maximum absolute atomic E-state index is 9.30. The zero-order chi connectivity index (χ0) is 17.7. The number of rotatable bonds is 1. The fraction of sp³-hybridized carbons (Fsp3) is 0. The summed E-state index contributed by atoms with van der Waals surface area (Å²) in [5, 5.41) is 27.3. The van der Waals surface area contributed by atoms with Crippen molar-refractivity contribution in [3.05, 3.63) is 60.7 Å². The number of hydrogen-bond donors (Lipinski definition) is 6. The first-order valence-electron chi connectivity index (χ1n) is 7.08. The van der Waals surface area contributed by atoms with Crippen LogP contribution in [0.4, 0.5) is 17.1 Å². The Bertz CT molecular complexity index is 763. The second-order valence-corrected chi connectivity index (χ2v) is 5.14. The molecule has 0 heterocycles. The van der Waals surface area contributed by atoms with Gasteiger partial charge in [0.25, 0.3) is 0 Å². The van der Waals surface area contributed by atoms with E-state index in [2.05, 4.69) is 0 Å². The van der Waals surface area contributed by atoms with Crippen LogP contribution in [-0.2, 0) is 0 Å². The van der Waals surface area contributed by atoms with Crippen LogP contribution in [0.2, 0.25) is 0 Å². The van der Waals surface area contributed by atoms with Crippen LogP contribution in [0.15, 0.2) is 60.7 Å². The SMILES string of the molecule is Nc1cc(-c2ccc(O)c(N)c2)ccc1O.Nc1ccc(O)cc1. The molecule has 6 nitrogen and oxygen atoms in total. The van der Waals surface area contributed by atoms with Gasteiger partial charge in [-0.25, -0.2) is 0 Å². The van der Waals surface area contributed by atoms with E-state index < -0.39 is 0 Å². The highest BCUT2D eigenvalue weighted by atomic mass is 16.3. The van der Waals surface area contributed by atoms with Crippen LogP contribution in [0.5, 0.6) is 17.2 Å². The molecule has 9 N–H and O–H groups in total. The highest BCUT2D eigenvalue weighted by Crippen LogP contribution is 2.31. The van der Waals surface area contributed by atoms with Crippen LogP contribution in [0.1, 0.15) is 0 Å². The van der Waals surface area contributed by atoms with E-state index in [1.807, 2.05) is 0 Å². The Morgan fingerprint density at radius 3 is 1.29 bits per heavy atom. The number of aromatic hydroxyl groups is 3. The average Bonchev–Trinajstić information content (AvgIpc) is 2.56. The summed E-state index contributed by atoms with van der Waals surface area (Å²) in [5.41, 5.74) is 19.5. The van der Waals surface area contributed by atoms with Gasteiger partial charge in [0.05, 0.1) is 11.4 Å². The van der Waals surface area contributed by atoms with E-state index in [9.17, 15) is 10.2 Å². The van der Waals surface area contributed by atoms with Crippen LogP contribution >= 0.6 is 0 Å². The fourth-order valence-electron chi connectivity index (χ4n) is 1.94. The normalized spacial score (nSPS) is 9.83. The van der Waals surface area contributed by atoms with Crippen molar-refractivity contribution in [2.75, 3.05) is 17.2 Å². The molecule has 0 atom stereocenters. The average molecular weight is 325 g/mol. The molecule has 0 aliphatic carbocycles. The van der Waals surface area contributed by atoms with Crippen LogP contribution in [0, 0.1) is 0 Å². The summed E-state index contributed by atoms with van der Waals surface area (Å²) in [4.78, 5) is 0. The first kappa shape index (κ1) is 16.8. The standard InChI is InChI=1S/C12H12N2O2.C6H7NO/c13-9-5-7(1-3-11(9)15)8-2-4-12(16)10(14)6-8;7-5-1-3-6(8)4-2-5/h1-6,15-16H,13-14H2;1-4,8H,7H2. The molecule has 3 aromatic carbocycles. The second-order valence-electron chi connectivity index (χ2n) is 5.14. The van der Waals surface area contributed by atoms with Gasteiger partial charge < -0.3 is 32.5 Å². The third kappa shape index (κ3) is 4.23. The van der Waals surface area contributed by atoms with Gasteiger partial charge in [-0.3, -0.25) is 0 Å². The van der Waals surface area contributed by atoms with Crippen molar-refractivity contribution in [1.82, 2.24) is 0 Å². The Morgan fingerprint density at radius 2 is 0.958 bits per heavy atom. The summed E-state index contributed by atoms with van der Waals surface area (Å²) in [5.74, 6) is 0.352. The molecule has 0 saturated carbocycles. The fourth-order valence-corrected chi connectivity index (χ4v) is 1.94. The molecular formula is C18H19N3O3. The van der Waals surface area contributed by atoms with Gasteiger partial charge in [0.1, 0.15) is 17.2 Å². The van der Waals surface area contributed by atoms with E-state index in [1.165, 1.54) is 12.1 Å². The van der Waals surface area contributed by atoms with Crippen LogP contribution < -0.4 is 17.2 Å². The third-order valence-corrected chi connectivity index (χ3v) is 3.28. The lowest BCUT2D eigenvalue weighted by atomic mass is 10.0. The van der Waals surface area contributed by atoms with E-state index >= 15 is 0 Å². The van der Waals surface area contributed by atoms with Crippen molar-refractivity contribution < 1.29 is 15.3 Å². The maximum Gasteiger partial charge on any atom is 0.138 e. The molecule has 124 valence electrons. The minimum atomic E-state index is 0.0514. The number of phenols is 3. The Kier molecular flexibility index (Phi) is 5.01. The van der Waals surface area contributed by atoms with Crippen LogP contribution in [0.3, 0.4) is 0 Å². The minimum Gasteiger partial charge on any atom is -0.508 e. The van der Waals surface area contributed by atoms with Crippen molar-refractivity contribution in [2.24, 2.45) is 0 Å². The molecule has 0 spiro atoms. The minimum absolute atomic E-state index is 0.0514. The van der Waals surface area contributed by atoms with Crippen LogP contribution in [-0.4, -0.2) is 15.3 Å². The van der Waals surface area contributed by atoms with Gasteiger partial charge >= 0.3 is 0 Å². The van der Waals surface area contributed by atoms with Crippen molar-refractivity contribution in [2.45, 2.75) is 0 Å². The molecule has 3 aromatic rings. The van der Waals surface area contributed by atoms with Gasteiger partial charge in [0, 0.05) is 5.69 Å². The largest absolute Gasteiger partial charge is 0.508 e. The molecule has 6 heteroatoms. The molecule has 0 aliphatic rings. The highest BCUT2D eigenvalue weighted by molar-refractivity contribution is 5.74. The van der Waals surface area contributed by atoms with E-state index in [1.54, 1.807) is 48.5 Å². The topological polar surface area (TPSA) is 139 Å². The molecule has 0 amide bonds.